The van der Waals surface area contributed by atoms with Crippen molar-refractivity contribution in [1.82, 2.24) is 0 Å². The molecule has 2 heteroatoms. The Labute approximate surface area is 49.7 Å². The van der Waals surface area contributed by atoms with Crippen molar-refractivity contribution in [2.45, 2.75) is 6.92 Å². The van der Waals surface area contributed by atoms with E-state index in [2.05, 4.69) is 16.7 Å². The van der Waals surface area contributed by atoms with E-state index in [4.69, 9.17) is 0 Å². The average Bonchev–Trinajstić information content (AvgIpc) is 1.81. The smallest absolute Gasteiger partial charge is 0.0735 e. The third-order valence-corrected chi connectivity index (χ3v) is 0.551. The molecular formula is C6H10N2. The highest BCUT2D eigenvalue weighted by Gasteiger charge is 1.62. The number of nitrogens with zero attached hydrogens (tertiary/aromatic N) is 2. The molecule has 0 spiro atoms. The monoisotopic (exact) mass is 110 g/mol. The molecule has 0 atom stereocenters. The van der Waals surface area contributed by atoms with Gasteiger partial charge in [-0.25, -0.2) is 0 Å². The standard InChI is InChI=1S/C6H10N2/c1-3-4-8-6-5-7-2/h3-4,6H,2,5H2,1H3/b4-3-,8-6?. The quantitative estimate of drug-likeness (QED) is 0.489. The Hall–Kier alpha value is -0.920. The molecule has 44 valence electrons. The third-order valence-electron chi connectivity index (χ3n) is 0.551. The molecule has 0 fully saturated rings. The van der Waals surface area contributed by atoms with Crippen molar-refractivity contribution in [3.8, 4) is 0 Å². The number of hydrogen-bond acceptors (Lipinski definition) is 2. The molecule has 0 saturated heterocycles. The fourth-order valence-electron chi connectivity index (χ4n) is 0.252. The van der Waals surface area contributed by atoms with Crippen LogP contribution in [0.25, 0.3) is 0 Å². The predicted octanol–water partition coefficient (Wildman–Crippen LogP) is 1.29. The molecule has 0 bridgehead atoms. The van der Waals surface area contributed by atoms with Gasteiger partial charge in [0.15, 0.2) is 0 Å². The van der Waals surface area contributed by atoms with Crippen molar-refractivity contribution in [3.63, 3.8) is 0 Å². The van der Waals surface area contributed by atoms with Crippen LogP contribution in [0.3, 0.4) is 0 Å². The van der Waals surface area contributed by atoms with E-state index >= 15 is 0 Å². The van der Waals surface area contributed by atoms with Crippen LogP contribution in [0.2, 0.25) is 0 Å². The molecule has 0 aromatic rings. The first-order valence-electron chi connectivity index (χ1n) is 2.47. The molecule has 0 aliphatic carbocycles. The summed E-state index contributed by atoms with van der Waals surface area (Å²) in [6, 6.07) is 0. The Morgan fingerprint density at radius 3 is 2.88 bits per heavy atom. The van der Waals surface area contributed by atoms with E-state index in [-0.39, 0.29) is 0 Å². The molecule has 8 heavy (non-hydrogen) atoms. The van der Waals surface area contributed by atoms with E-state index in [1.54, 1.807) is 12.4 Å². The molecule has 0 unspecified atom stereocenters. The molecule has 0 amide bonds. The lowest BCUT2D eigenvalue weighted by Crippen LogP contribution is -1.75. The minimum atomic E-state index is 0.602. The van der Waals surface area contributed by atoms with Gasteiger partial charge in [0.1, 0.15) is 0 Å². The summed E-state index contributed by atoms with van der Waals surface area (Å²) in [4.78, 5) is 7.41. The molecular weight excluding hydrogens is 100 g/mol. The molecule has 0 radical (unpaired) electrons. The number of aliphatic imine (C=N–C) groups is 2. The van der Waals surface area contributed by atoms with Gasteiger partial charge in [-0.05, 0) is 13.6 Å². The summed E-state index contributed by atoms with van der Waals surface area (Å²) >= 11 is 0. The average molecular weight is 110 g/mol. The van der Waals surface area contributed by atoms with Crippen LogP contribution >= 0.6 is 0 Å². The van der Waals surface area contributed by atoms with Crippen LogP contribution in [-0.2, 0) is 0 Å². The van der Waals surface area contributed by atoms with Crippen molar-refractivity contribution in [3.05, 3.63) is 12.3 Å². The van der Waals surface area contributed by atoms with E-state index in [9.17, 15) is 0 Å². The van der Waals surface area contributed by atoms with E-state index in [1.807, 2.05) is 13.0 Å². The lowest BCUT2D eigenvalue weighted by molar-refractivity contribution is 1.34. The van der Waals surface area contributed by atoms with Gasteiger partial charge in [-0.1, -0.05) is 6.08 Å². The van der Waals surface area contributed by atoms with E-state index in [0.717, 1.165) is 0 Å². The largest absolute Gasteiger partial charge is 0.295 e. The van der Waals surface area contributed by atoms with Crippen molar-refractivity contribution in [2.24, 2.45) is 9.98 Å². The zero-order valence-corrected chi connectivity index (χ0v) is 5.04. The molecule has 2 nitrogen and oxygen atoms in total. The molecule has 0 aromatic heterocycles. The summed E-state index contributed by atoms with van der Waals surface area (Å²) in [7, 11) is 0. The number of rotatable bonds is 3. The van der Waals surface area contributed by atoms with E-state index in [0.29, 0.717) is 6.54 Å². The van der Waals surface area contributed by atoms with Crippen LogP contribution < -0.4 is 0 Å². The first kappa shape index (κ1) is 7.08. The van der Waals surface area contributed by atoms with Crippen LogP contribution in [0, 0.1) is 0 Å². The molecule has 0 rings (SSSR count). The first-order chi connectivity index (χ1) is 3.91. The summed E-state index contributed by atoms with van der Waals surface area (Å²) < 4.78 is 0. The second-order valence-corrected chi connectivity index (χ2v) is 1.22. The van der Waals surface area contributed by atoms with Crippen LogP contribution in [0.15, 0.2) is 22.3 Å². The zero-order valence-electron chi connectivity index (χ0n) is 5.04. The van der Waals surface area contributed by atoms with Gasteiger partial charge in [0.05, 0.1) is 6.54 Å². The predicted molar refractivity (Wildman–Crippen MR) is 37.7 cm³/mol. The highest BCUT2D eigenvalue weighted by Crippen LogP contribution is 1.69. The van der Waals surface area contributed by atoms with Crippen LogP contribution in [0.1, 0.15) is 6.92 Å². The maximum atomic E-state index is 3.84. The molecule has 0 aromatic carbocycles. The number of allylic oxidation sites excluding steroid dienone is 1. The van der Waals surface area contributed by atoms with Gasteiger partial charge in [-0.15, -0.1) is 0 Å². The second kappa shape index (κ2) is 6.08. The van der Waals surface area contributed by atoms with Crippen molar-refractivity contribution in [2.75, 3.05) is 6.54 Å². The van der Waals surface area contributed by atoms with Gasteiger partial charge in [0.25, 0.3) is 0 Å². The van der Waals surface area contributed by atoms with Crippen molar-refractivity contribution >= 4 is 12.9 Å². The third kappa shape index (κ3) is 5.08. The van der Waals surface area contributed by atoms with Gasteiger partial charge in [-0.3, -0.25) is 9.98 Å². The van der Waals surface area contributed by atoms with Crippen LogP contribution in [-0.4, -0.2) is 19.5 Å². The zero-order chi connectivity index (χ0) is 6.24. The van der Waals surface area contributed by atoms with Gasteiger partial charge in [0, 0.05) is 12.4 Å². The highest BCUT2D eigenvalue weighted by atomic mass is 14.7. The molecule has 0 aliphatic rings. The molecule has 0 aliphatic heterocycles. The van der Waals surface area contributed by atoms with Gasteiger partial charge < -0.3 is 0 Å². The lowest BCUT2D eigenvalue weighted by Gasteiger charge is -1.74. The van der Waals surface area contributed by atoms with Crippen molar-refractivity contribution < 1.29 is 0 Å². The topological polar surface area (TPSA) is 24.7 Å². The molecule has 0 heterocycles. The fraction of sp³-hybridized carbons (Fsp3) is 0.333. The first-order valence-corrected chi connectivity index (χ1v) is 2.47. The summed E-state index contributed by atoms with van der Waals surface area (Å²) in [5.74, 6) is 0. The highest BCUT2D eigenvalue weighted by molar-refractivity contribution is 5.61. The van der Waals surface area contributed by atoms with E-state index < -0.39 is 0 Å². The minimum absolute atomic E-state index is 0.602. The van der Waals surface area contributed by atoms with Crippen LogP contribution in [0.4, 0.5) is 0 Å². The normalized spacial score (nSPS) is 11.1. The molecule has 0 saturated carbocycles. The van der Waals surface area contributed by atoms with Crippen molar-refractivity contribution in [1.29, 1.82) is 0 Å². The van der Waals surface area contributed by atoms with Gasteiger partial charge in [0.2, 0.25) is 0 Å². The molecule has 0 N–H and O–H groups in total. The number of hydrogen-bond donors (Lipinski definition) is 0. The second-order valence-electron chi connectivity index (χ2n) is 1.22. The Bertz CT molecular complexity index is 103. The van der Waals surface area contributed by atoms with Gasteiger partial charge in [-0.2, -0.15) is 0 Å². The Balaban J connectivity index is 3.19. The maximum Gasteiger partial charge on any atom is 0.0735 e. The summed E-state index contributed by atoms with van der Waals surface area (Å²) in [5.41, 5.74) is 0. The maximum absolute atomic E-state index is 3.84. The SMILES string of the molecule is C=NCC=N/C=C\C. The summed E-state index contributed by atoms with van der Waals surface area (Å²) in [6.07, 6.45) is 5.28. The van der Waals surface area contributed by atoms with E-state index in [1.165, 1.54) is 0 Å². The Kier molecular flexibility index (Phi) is 5.38. The summed E-state index contributed by atoms with van der Waals surface area (Å²) in [5, 5.41) is 0. The Morgan fingerprint density at radius 1 is 1.62 bits per heavy atom. The minimum Gasteiger partial charge on any atom is -0.295 e. The Morgan fingerprint density at radius 2 is 2.38 bits per heavy atom. The van der Waals surface area contributed by atoms with Gasteiger partial charge >= 0.3 is 0 Å². The van der Waals surface area contributed by atoms with Crippen LogP contribution in [0.5, 0.6) is 0 Å². The fourth-order valence-corrected chi connectivity index (χ4v) is 0.252. The summed E-state index contributed by atoms with van der Waals surface area (Å²) in [6.45, 7) is 5.81. The lowest BCUT2D eigenvalue weighted by atomic mass is 10.7.